The molecule has 1 fully saturated rings. The first-order chi connectivity index (χ1) is 10.2. The molecule has 0 spiro atoms. The Bertz CT molecular complexity index is 436. The lowest BCUT2D eigenvalue weighted by Crippen LogP contribution is -2.36. The molecule has 0 aromatic heterocycles. The predicted octanol–water partition coefficient (Wildman–Crippen LogP) is 1.96. The molecule has 21 heavy (non-hydrogen) atoms. The highest BCUT2D eigenvalue weighted by Crippen LogP contribution is 2.28. The van der Waals surface area contributed by atoms with Crippen molar-refractivity contribution in [2.24, 2.45) is 0 Å². The summed E-state index contributed by atoms with van der Waals surface area (Å²) in [5.74, 6) is 0.916. The number of likely N-dealkylation sites (tertiary alicyclic amines) is 1. The van der Waals surface area contributed by atoms with Crippen molar-refractivity contribution in [1.82, 2.24) is 10.2 Å². The third-order valence-corrected chi connectivity index (χ3v) is 4.60. The Kier molecular flexibility index (Phi) is 6.83. The molecule has 2 rings (SSSR count). The van der Waals surface area contributed by atoms with E-state index < -0.39 is 0 Å². The molecule has 1 aliphatic heterocycles. The van der Waals surface area contributed by atoms with Crippen molar-refractivity contribution in [2.45, 2.75) is 30.4 Å². The van der Waals surface area contributed by atoms with E-state index in [2.05, 4.69) is 28.4 Å². The third-order valence-electron chi connectivity index (χ3n) is 3.82. The number of hydrogen-bond donors (Lipinski definition) is 2. The quantitative estimate of drug-likeness (QED) is 0.719. The van der Waals surface area contributed by atoms with Crippen LogP contribution in [-0.4, -0.2) is 55.7 Å². The predicted molar refractivity (Wildman–Crippen MR) is 88.2 cm³/mol. The molecule has 1 aromatic carbocycles. The molecule has 118 valence electrons. The topological polar surface area (TPSA) is 44.7 Å². The van der Waals surface area contributed by atoms with Gasteiger partial charge in [-0.25, -0.2) is 0 Å². The summed E-state index contributed by atoms with van der Waals surface area (Å²) in [7, 11) is 1.70. The van der Waals surface area contributed by atoms with E-state index in [1.807, 2.05) is 6.26 Å². The summed E-state index contributed by atoms with van der Waals surface area (Å²) in [5, 5.41) is 13.4. The highest BCUT2D eigenvalue weighted by Gasteiger charge is 2.15. The van der Waals surface area contributed by atoms with E-state index in [1.165, 1.54) is 18.4 Å². The van der Waals surface area contributed by atoms with Crippen LogP contribution in [0, 0.1) is 0 Å². The number of thioether (sulfide) groups is 1. The average Bonchev–Trinajstić information content (AvgIpc) is 2.99. The summed E-state index contributed by atoms with van der Waals surface area (Å²) in [5.41, 5.74) is 1.18. The second-order valence-corrected chi connectivity index (χ2v) is 6.33. The van der Waals surface area contributed by atoms with Gasteiger partial charge in [-0.05, 0) is 49.9 Å². The van der Waals surface area contributed by atoms with Gasteiger partial charge in [-0.2, -0.15) is 0 Å². The number of aliphatic hydroxyl groups excluding tert-OH is 1. The Hall–Kier alpha value is -0.750. The Morgan fingerprint density at radius 1 is 1.38 bits per heavy atom. The Labute approximate surface area is 131 Å². The van der Waals surface area contributed by atoms with Crippen molar-refractivity contribution < 1.29 is 9.84 Å². The monoisotopic (exact) mass is 310 g/mol. The standard InChI is InChI=1S/C16H26N2O2S/c1-20-15-9-13(5-6-16(15)21-2)10-17-11-14(19)12-18-7-3-4-8-18/h5-6,9,14,17,19H,3-4,7-8,10-12H2,1-2H3. The zero-order chi connectivity index (χ0) is 15.1. The molecular weight excluding hydrogens is 284 g/mol. The van der Waals surface area contributed by atoms with Crippen LogP contribution in [0.25, 0.3) is 0 Å². The molecule has 1 aliphatic rings. The molecule has 4 nitrogen and oxygen atoms in total. The second kappa shape index (κ2) is 8.63. The van der Waals surface area contributed by atoms with Gasteiger partial charge in [-0.3, -0.25) is 0 Å². The highest BCUT2D eigenvalue weighted by molar-refractivity contribution is 7.98. The number of benzene rings is 1. The van der Waals surface area contributed by atoms with Crippen LogP contribution in [0.2, 0.25) is 0 Å². The zero-order valence-electron chi connectivity index (χ0n) is 13.0. The molecule has 1 heterocycles. The van der Waals surface area contributed by atoms with Crippen molar-refractivity contribution in [2.75, 3.05) is 39.5 Å². The van der Waals surface area contributed by atoms with Gasteiger partial charge in [0, 0.05) is 24.5 Å². The van der Waals surface area contributed by atoms with Crippen molar-refractivity contribution in [1.29, 1.82) is 0 Å². The molecule has 1 saturated heterocycles. The molecule has 0 saturated carbocycles. The largest absolute Gasteiger partial charge is 0.496 e. The first-order valence-electron chi connectivity index (χ1n) is 7.55. The second-order valence-electron chi connectivity index (χ2n) is 5.48. The van der Waals surface area contributed by atoms with Crippen LogP contribution >= 0.6 is 11.8 Å². The molecular formula is C16H26N2O2S. The summed E-state index contributed by atoms with van der Waals surface area (Å²) in [6.07, 6.45) is 4.28. The number of ether oxygens (including phenoxy) is 1. The lowest BCUT2D eigenvalue weighted by Gasteiger charge is -2.19. The van der Waals surface area contributed by atoms with Crippen LogP contribution in [0.5, 0.6) is 5.75 Å². The van der Waals surface area contributed by atoms with Gasteiger partial charge >= 0.3 is 0 Å². The maximum Gasteiger partial charge on any atom is 0.132 e. The summed E-state index contributed by atoms with van der Waals surface area (Å²) in [6, 6.07) is 6.25. The smallest absolute Gasteiger partial charge is 0.132 e. The number of aliphatic hydroxyl groups is 1. The maximum atomic E-state index is 10.0. The van der Waals surface area contributed by atoms with Crippen LogP contribution in [0.3, 0.4) is 0 Å². The third kappa shape index (κ3) is 5.18. The number of methoxy groups -OCH3 is 1. The minimum absolute atomic E-state index is 0.296. The highest BCUT2D eigenvalue weighted by atomic mass is 32.2. The number of hydrogen-bond acceptors (Lipinski definition) is 5. The minimum atomic E-state index is -0.296. The minimum Gasteiger partial charge on any atom is -0.496 e. The van der Waals surface area contributed by atoms with Gasteiger partial charge in [0.15, 0.2) is 0 Å². The van der Waals surface area contributed by atoms with E-state index in [0.717, 1.165) is 36.8 Å². The van der Waals surface area contributed by atoms with E-state index in [1.54, 1.807) is 18.9 Å². The Morgan fingerprint density at radius 3 is 2.81 bits per heavy atom. The molecule has 1 aromatic rings. The fourth-order valence-electron chi connectivity index (χ4n) is 2.70. The van der Waals surface area contributed by atoms with Gasteiger partial charge in [0.25, 0.3) is 0 Å². The Morgan fingerprint density at radius 2 is 2.14 bits per heavy atom. The van der Waals surface area contributed by atoms with Gasteiger partial charge in [-0.15, -0.1) is 11.8 Å². The molecule has 0 amide bonds. The van der Waals surface area contributed by atoms with Crippen molar-refractivity contribution in [3.8, 4) is 5.75 Å². The van der Waals surface area contributed by atoms with E-state index in [9.17, 15) is 5.11 Å². The molecule has 1 atom stereocenters. The average molecular weight is 310 g/mol. The number of nitrogens with zero attached hydrogens (tertiary/aromatic N) is 1. The van der Waals surface area contributed by atoms with Crippen molar-refractivity contribution >= 4 is 11.8 Å². The molecule has 0 radical (unpaired) electrons. The van der Waals surface area contributed by atoms with Gasteiger partial charge in [0.05, 0.1) is 13.2 Å². The molecule has 2 N–H and O–H groups in total. The summed E-state index contributed by atoms with van der Waals surface area (Å²) in [4.78, 5) is 3.48. The van der Waals surface area contributed by atoms with E-state index in [0.29, 0.717) is 6.54 Å². The zero-order valence-corrected chi connectivity index (χ0v) is 13.8. The molecule has 0 aliphatic carbocycles. The van der Waals surface area contributed by atoms with Crippen LogP contribution in [0.4, 0.5) is 0 Å². The van der Waals surface area contributed by atoms with Crippen LogP contribution < -0.4 is 10.1 Å². The summed E-state index contributed by atoms with van der Waals surface area (Å²) >= 11 is 1.68. The first-order valence-corrected chi connectivity index (χ1v) is 8.77. The van der Waals surface area contributed by atoms with Crippen molar-refractivity contribution in [3.05, 3.63) is 23.8 Å². The van der Waals surface area contributed by atoms with Crippen LogP contribution in [0.15, 0.2) is 23.1 Å². The lowest BCUT2D eigenvalue weighted by atomic mass is 10.2. The van der Waals surface area contributed by atoms with Crippen molar-refractivity contribution in [3.63, 3.8) is 0 Å². The summed E-state index contributed by atoms with van der Waals surface area (Å²) in [6.45, 7) is 4.42. The van der Waals surface area contributed by atoms with Gasteiger partial charge in [0.1, 0.15) is 5.75 Å². The van der Waals surface area contributed by atoms with Crippen LogP contribution in [-0.2, 0) is 6.54 Å². The van der Waals surface area contributed by atoms with Gasteiger partial charge in [0.2, 0.25) is 0 Å². The van der Waals surface area contributed by atoms with E-state index >= 15 is 0 Å². The van der Waals surface area contributed by atoms with Gasteiger partial charge < -0.3 is 20.1 Å². The number of β-amino-alcohol motifs (C(OH)–C–C–N with tert-alkyl or cyclic N) is 1. The van der Waals surface area contributed by atoms with Gasteiger partial charge in [-0.1, -0.05) is 6.07 Å². The first kappa shape index (κ1) is 16.6. The molecule has 5 heteroatoms. The summed E-state index contributed by atoms with van der Waals surface area (Å²) < 4.78 is 5.39. The fraction of sp³-hybridized carbons (Fsp3) is 0.625. The van der Waals surface area contributed by atoms with E-state index in [-0.39, 0.29) is 6.10 Å². The maximum absolute atomic E-state index is 10.0. The SMILES string of the molecule is COc1cc(CNCC(O)CN2CCCC2)ccc1SC. The number of rotatable bonds is 8. The lowest BCUT2D eigenvalue weighted by molar-refractivity contribution is 0.123. The number of nitrogens with one attached hydrogen (secondary N) is 1. The normalized spacial score (nSPS) is 17.1. The molecule has 1 unspecified atom stereocenters. The van der Waals surface area contributed by atoms with E-state index in [4.69, 9.17) is 4.74 Å². The van der Waals surface area contributed by atoms with Crippen LogP contribution in [0.1, 0.15) is 18.4 Å². The molecule has 0 bridgehead atoms. The Balaban J connectivity index is 1.74. The fourth-order valence-corrected chi connectivity index (χ4v) is 3.25.